The van der Waals surface area contributed by atoms with Crippen molar-refractivity contribution >= 4 is 11.5 Å². The summed E-state index contributed by atoms with van der Waals surface area (Å²) in [4.78, 5) is 12.1. The van der Waals surface area contributed by atoms with Gasteiger partial charge in [0, 0.05) is 42.7 Å². The minimum Gasteiger partial charge on any atom is -0.494 e. The smallest absolute Gasteiger partial charge is 0.125 e. The van der Waals surface area contributed by atoms with Crippen LogP contribution in [0.3, 0.4) is 0 Å². The first-order valence-electron chi connectivity index (χ1n) is 10.8. The van der Waals surface area contributed by atoms with Crippen LogP contribution < -0.4 is 5.73 Å². The maximum Gasteiger partial charge on any atom is 0.125 e. The lowest BCUT2D eigenvalue weighted by Crippen LogP contribution is -2.34. The van der Waals surface area contributed by atoms with E-state index in [-0.39, 0.29) is 0 Å². The third kappa shape index (κ3) is 6.62. The fourth-order valence-electron chi connectivity index (χ4n) is 3.94. The number of likely N-dealkylation sites (tertiary alicyclic amines) is 1. The van der Waals surface area contributed by atoms with Crippen molar-refractivity contribution in [1.29, 1.82) is 0 Å². The SMILES string of the molecule is CCC[C@@H](CC(C)C)N1CC(=NC(C)=NC2=CC(OCC)=CCC2)/C(=C\N)C1. The van der Waals surface area contributed by atoms with E-state index in [0.29, 0.717) is 18.6 Å². The van der Waals surface area contributed by atoms with Crippen molar-refractivity contribution in [3.05, 3.63) is 35.4 Å². The molecule has 1 aliphatic carbocycles. The number of nitrogens with zero attached hydrogens (tertiary/aromatic N) is 3. The van der Waals surface area contributed by atoms with Gasteiger partial charge in [0.05, 0.1) is 12.3 Å². The van der Waals surface area contributed by atoms with E-state index in [2.05, 4.69) is 31.7 Å². The number of nitrogens with two attached hydrogens (primary N) is 1. The van der Waals surface area contributed by atoms with Crippen LogP contribution in [-0.2, 0) is 4.74 Å². The summed E-state index contributed by atoms with van der Waals surface area (Å²) in [6.45, 7) is 13.3. The Bertz CT molecular complexity index is 670. The maximum absolute atomic E-state index is 5.93. The van der Waals surface area contributed by atoms with Crippen LogP contribution in [0.15, 0.2) is 45.4 Å². The third-order valence-corrected chi connectivity index (χ3v) is 5.15. The summed E-state index contributed by atoms with van der Waals surface area (Å²) in [5.74, 6) is 2.40. The molecule has 2 rings (SSSR count). The Kier molecular flexibility index (Phi) is 8.97. The molecule has 1 atom stereocenters. The van der Waals surface area contributed by atoms with E-state index in [4.69, 9.17) is 20.5 Å². The molecule has 5 nitrogen and oxygen atoms in total. The normalized spacial score (nSPS) is 22.7. The zero-order chi connectivity index (χ0) is 20.5. The molecule has 1 saturated heterocycles. The van der Waals surface area contributed by atoms with Gasteiger partial charge in [0.25, 0.3) is 0 Å². The molecule has 0 amide bonds. The predicted molar refractivity (Wildman–Crippen MR) is 120 cm³/mol. The summed E-state index contributed by atoms with van der Waals surface area (Å²) in [7, 11) is 0. The standard InChI is InChI=1S/C23H38N4O/c1-6-9-21(12-17(3)4)27-15-19(14-24)23(16-27)26-18(5)25-20-10-8-11-22(13-20)28-7-2/h11,13-14,17,21H,6-10,12,15-16,24H2,1-5H3/b19-14-,25-18?,26-23?/t21-/m0/s1. The number of hydrogen-bond acceptors (Lipinski definition) is 4. The third-order valence-electron chi connectivity index (χ3n) is 5.15. The number of ether oxygens (including phenoxy) is 1. The van der Waals surface area contributed by atoms with Gasteiger partial charge >= 0.3 is 0 Å². The molecule has 0 aromatic heterocycles. The Hall–Kier alpha value is -1.88. The van der Waals surface area contributed by atoms with Gasteiger partial charge in [0.1, 0.15) is 11.6 Å². The monoisotopic (exact) mass is 386 g/mol. The lowest BCUT2D eigenvalue weighted by molar-refractivity contribution is 0.213. The van der Waals surface area contributed by atoms with Gasteiger partial charge in [-0.05, 0) is 51.5 Å². The van der Waals surface area contributed by atoms with E-state index >= 15 is 0 Å². The lowest BCUT2D eigenvalue weighted by Gasteiger charge is -2.28. The molecule has 1 fully saturated rings. The Balaban J connectivity index is 2.14. The van der Waals surface area contributed by atoms with Crippen molar-refractivity contribution in [2.75, 3.05) is 19.7 Å². The van der Waals surface area contributed by atoms with Crippen LogP contribution in [0, 0.1) is 5.92 Å². The van der Waals surface area contributed by atoms with Gasteiger partial charge in [-0.3, -0.25) is 4.90 Å². The maximum atomic E-state index is 5.93. The summed E-state index contributed by atoms with van der Waals surface area (Å²) >= 11 is 0. The second-order valence-electron chi connectivity index (χ2n) is 8.10. The average Bonchev–Trinajstić information content (AvgIpc) is 3.04. The largest absolute Gasteiger partial charge is 0.494 e. The molecule has 5 heteroatoms. The second kappa shape index (κ2) is 11.2. The molecular weight excluding hydrogens is 348 g/mol. The highest BCUT2D eigenvalue weighted by atomic mass is 16.5. The highest BCUT2D eigenvalue weighted by Gasteiger charge is 2.29. The van der Waals surface area contributed by atoms with Crippen molar-refractivity contribution in [2.45, 2.75) is 72.8 Å². The van der Waals surface area contributed by atoms with Gasteiger partial charge in [-0.25, -0.2) is 9.98 Å². The summed E-state index contributed by atoms with van der Waals surface area (Å²) in [5, 5.41) is 0. The number of amidine groups is 1. The lowest BCUT2D eigenvalue weighted by atomic mass is 9.99. The van der Waals surface area contributed by atoms with Crippen LogP contribution in [-0.4, -0.2) is 42.2 Å². The van der Waals surface area contributed by atoms with Crippen molar-refractivity contribution < 1.29 is 4.74 Å². The van der Waals surface area contributed by atoms with E-state index in [0.717, 1.165) is 54.5 Å². The quantitative estimate of drug-likeness (QED) is 0.481. The van der Waals surface area contributed by atoms with Gasteiger partial charge in [-0.2, -0.15) is 0 Å². The average molecular weight is 387 g/mol. The molecule has 156 valence electrons. The summed E-state index contributed by atoms with van der Waals surface area (Å²) in [6, 6.07) is 0.588. The Morgan fingerprint density at radius 1 is 1.32 bits per heavy atom. The highest BCUT2D eigenvalue weighted by molar-refractivity contribution is 6.09. The van der Waals surface area contributed by atoms with Crippen LogP contribution in [0.2, 0.25) is 0 Å². The van der Waals surface area contributed by atoms with Crippen molar-refractivity contribution in [3.8, 4) is 0 Å². The molecule has 0 bridgehead atoms. The molecule has 0 spiro atoms. The summed E-state index contributed by atoms with van der Waals surface area (Å²) < 4.78 is 5.60. The topological polar surface area (TPSA) is 63.2 Å². The molecule has 1 aliphatic heterocycles. The molecular formula is C23H38N4O. The predicted octanol–water partition coefficient (Wildman–Crippen LogP) is 4.82. The van der Waals surface area contributed by atoms with Crippen LogP contribution in [0.25, 0.3) is 0 Å². The minimum absolute atomic E-state index is 0.588. The minimum atomic E-state index is 0.588. The number of allylic oxidation sites excluding steroid dienone is 3. The van der Waals surface area contributed by atoms with Gasteiger partial charge in [0.15, 0.2) is 0 Å². The Morgan fingerprint density at radius 3 is 2.75 bits per heavy atom. The molecule has 0 saturated carbocycles. The number of aliphatic imine (C=N–C) groups is 2. The van der Waals surface area contributed by atoms with Gasteiger partial charge in [-0.15, -0.1) is 0 Å². The van der Waals surface area contributed by atoms with E-state index in [1.54, 1.807) is 6.20 Å². The number of rotatable bonds is 8. The molecule has 1 heterocycles. The van der Waals surface area contributed by atoms with Crippen LogP contribution >= 0.6 is 0 Å². The van der Waals surface area contributed by atoms with Crippen LogP contribution in [0.4, 0.5) is 0 Å². The fraction of sp³-hybridized carbons (Fsp3) is 0.652. The molecule has 0 aromatic carbocycles. The molecule has 0 radical (unpaired) electrons. The van der Waals surface area contributed by atoms with E-state index < -0.39 is 0 Å². The van der Waals surface area contributed by atoms with Gasteiger partial charge in [-0.1, -0.05) is 27.2 Å². The van der Waals surface area contributed by atoms with E-state index in [1.807, 2.05) is 19.9 Å². The first-order valence-corrected chi connectivity index (χ1v) is 10.8. The molecule has 28 heavy (non-hydrogen) atoms. The molecule has 2 aliphatic rings. The summed E-state index contributed by atoms with van der Waals surface area (Å²) in [6.07, 6.45) is 11.4. The van der Waals surface area contributed by atoms with Crippen molar-refractivity contribution in [2.24, 2.45) is 21.6 Å². The first-order chi connectivity index (χ1) is 13.5. The van der Waals surface area contributed by atoms with E-state index in [9.17, 15) is 0 Å². The van der Waals surface area contributed by atoms with E-state index in [1.165, 1.54) is 19.3 Å². The van der Waals surface area contributed by atoms with Crippen molar-refractivity contribution in [1.82, 2.24) is 4.90 Å². The zero-order valence-corrected chi connectivity index (χ0v) is 18.4. The Morgan fingerprint density at radius 2 is 2.11 bits per heavy atom. The second-order valence-corrected chi connectivity index (χ2v) is 8.10. The molecule has 2 N–H and O–H groups in total. The first kappa shape index (κ1) is 22.4. The van der Waals surface area contributed by atoms with Crippen molar-refractivity contribution in [3.63, 3.8) is 0 Å². The zero-order valence-electron chi connectivity index (χ0n) is 18.4. The highest BCUT2D eigenvalue weighted by Crippen LogP contribution is 2.24. The van der Waals surface area contributed by atoms with Gasteiger partial charge < -0.3 is 10.5 Å². The molecule has 0 aromatic rings. The number of hydrogen-bond donors (Lipinski definition) is 1. The summed E-state index contributed by atoms with van der Waals surface area (Å²) in [5.41, 5.74) is 9.15. The Labute approximate surface area is 171 Å². The molecule has 0 unspecified atom stereocenters. The van der Waals surface area contributed by atoms with Crippen LogP contribution in [0.1, 0.15) is 66.7 Å². The fourth-order valence-corrected chi connectivity index (χ4v) is 3.94. The van der Waals surface area contributed by atoms with Crippen LogP contribution in [0.5, 0.6) is 0 Å². The van der Waals surface area contributed by atoms with Gasteiger partial charge in [0.2, 0.25) is 0 Å².